The van der Waals surface area contributed by atoms with Crippen molar-refractivity contribution in [2.75, 3.05) is 20.3 Å². The summed E-state index contributed by atoms with van der Waals surface area (Å²) in [6.45, 7) is 1.43. The van der Waals surface area contributed by atoms with Gasteiger partial charge in [-0.2, -0.15) is 0 Å². The Morgan fingerprint density at radius 2 is 2.12 bits per heavy atom. The highest BCUT2D eigenvalue weighted by Crippen LogP contribution is 2.26. The van der Waals surface area contributed by atoms with Crippen LogP contribution in [0, 0.1) is 0 Å². The minimum atomic E-state index is 0.120. The lowest BCUT2D eigenvalue weighted by Gasteiger charge is -2.24. The standard InChI is InChI=1S/C13H16O4/c1-15-12-3-2-10(9-14)13(8-12)17-11-4-6-16-7-5-11/h2-3,8-9,11H,4-7H2,1H3. The summed E-state index contributed by atoms with van der Waals surface area (Å²) >= 11 is 0. The van der Waals surface area contributed by atoms with Crippen molar-refractivity contribution in [1.82, 2.24) is 0 Å². The molecular weight excluding hydrogens is 220 g/mol. The van der Waals surface area contributed by atoms with Crippen LogP contribution < -0.4 is 9.47 Å². The summed E-state index contributed by atoms with van der Waals surface area (Å²) in [5.41, 5.74) is 0.553. The second-order valence-corrected chi connectivity index (χ2v) is 3.95. The molecule has 0 radical (unpaired) electrons. The summed E-state index contributed by atoms with van der Waals surface area (Å²) in [6.07, 6.45) is 2.63. The van der Waals surface area contributed by atoms with Crippen molar-refractivity contribution in [3.05, 3.63) is 23.8 Å². The molecule has 0 unspecified atom stereocenters. The van der Waals surface area contributed by atoms with Crippen LogP contribution in [0.25, 0.3) is 0 Å². The minimum absolute atomic E-state index is 0.120. The van der Waals surface area contributed by atoms with Crippen LogP contribution in [0.1, 0.15) is 23.2 Å². The summed E-state index contributed by atoms with van der Waals surface area (Å²) < 4.78 is 16.2. The second kappa shape index (κ2) is 5.68. The summed E-state index contributed by atoms with van der Waals surface area (Å²) in [7, 11) is 1.59. The van der Waals surface area contributed by atoms with E-state index in [0.717, 1.165) is 19.1 Å². The zero-order valence-corrected chi connectivity index (χ0v) is 9.85. The van der Waals surface area contributed by atoms with Gasteiger partial charge in [0.05, 0.1) is 25.9 Å². The van der Waals surface area contributed by atoms with E-state index in [1.807, 2.05) is 0 Å². The maximum Gasteiger partial charge on any atom is 0.153 e. The quantitative estimate of drug-likeness (QED) is 0.751. The molecule has 0 aromatic heterocycles. The Labute approximate surface area is 100 Å². The highest BCUT2D eigenvalue weighted by atomic mass is 16.5. The van der Waals surface area contributed by atoms with E-state index >= 15 is 0 Å². The van der Waals surface area contributed by atoms with Gasteiger partial charge in [0.25, 0.3) is 0 Å². The normalized spacial score (nSPS) is 16.5. The molecule has 1 heterocycles. The predicted octanol–water partition coefficient (Wildman–Crippen LogP) is 2.07. The average molecular weight is 236 g/mol. The molecular formula is C13H16O4. The average Bonchev–Trinajstić information content (AvgIpc) is 2.40. The van der Waals surface area contributed by atoms with Crippen LogP contribution in [-0.2, 0) is 4.74 Å². The third-order valence-electron chi connectivity index (χ3n) is 2.81. The number of carbonyl (C=O) groups excluding carboxylic acids is 1. The van der Waals surface area contributed by atoms with E-state index in [0.29, 0.717) is 30.3 Å². The van der Waals surface area contributed by atoms with E-state index in [1.165, 1.54) is 0 Å². The first-order valence-corrected chi connectivity index (χ1v) is 5.71. The number of carbonyl (C=O) groups is 1. The zero-order valence-electron chi connectivity index (χ0n) is 9.85. The number of rotatable bonds is 4. The van der Waals surface area contributed by atoms with Gasteiger partial charge in [-0.3, -0.25) is 4.79 Å². The Hall–Kier alpha value is -1.55. The van der Waals surface area contributed by atoms with Crippen LogP contribution in [0.3, 0.4) is 0 Å². The van der Waals surface area contributed by atoms with E-state index in [2.05, 4.69) is 0 Å². The van der Waals surface area contributed by atoms with E-state index < -0.39 is 0 Å². The highest BCUT2D eigenvalue weighted by Gasteiger charge is 2.17. The fourth-order valence-corrected chi connectivity index (χ4v) is 1.81. The molecule has 0 spiro atoms. The van der Waals surface area contributed by atoms with E-state index in [9.17, 15) is 4.79 Å². The number of ether oxygens (including phenoxy) is 3. The molecule has 4 heteroatoms. The van der Waals surface area contributed by atoms with Crippen molar-refractivity contribution in [2.45, 2.75) is 18.9 Å². The fraction of sp³-hybridized carbons (Fsp3) is 0.462. The smallest absolute Gasteiger partial charge is 0.153 e. The molecule has 1 aromatic rings. The van der Waals surface area contributed by atoms with E-state index in [1.54, 1.807) is 25.3 Å². The Balaban J connectivity index is 2.14. The molecule has 92 valence electrons. The first kappa shape index (κ1) is 11.9. The maximum absolute atomic E-state index is 10.9. The molecule has 0 aliphatic carbocycles. The second-order valence-electron chi connectivity index (χ2n) is 3.95. The Kier molecular flexibility index (Phi) is 3.98. The van der Waals surface area contributed by atoms with Gasteiger partial charge in [0.15, 0.2) is 6.29 Å². The van der Waals surface area contributed by atoms with Crippen LogP contribution in [0.15, 0.2) is 18.2 Å². The molecule has 1 fully saturated rings. The number of benzene rings is 1. The number of hydrogen-bond acceptors (Lipinski definition) is 4. The lowest BCUT2D eigenvalue weighted by molar-refractivity contribution is 0.0253. The molecule has 17 heavy (non-hydrogen) atoms. The van der Waals surface area contributed by atoms with Crippen molar-refractivity contribution < 1.29 is 19.0 Å². The Morgan fingerprint density at radius 1 is 1.35 bits per heavy atom. The highest BCUT2D eigenvalue weighted by molar-refractivity contribution is 5.79. The molecule has 0 bridgehead atoms. The van der Waals surface area contributed by atoms with E-state index in [4.69, 9.17) is 14.2 Å². The third-order valence-corrected chi connectivity index (χ3v) is 2.81. The Morgan fingerprint density at radius 3 is 2.76 bits per heavy atom. The zero-order chi connectivity index (χ0) is 12.1. The first-order valence-electron chi connectivity index (χ1n) is 5.71. The van der Waals surface area contributed by atoms with Crippen molar-refractivity contribution in [1.29, 1.82) is 0 Å². The van der Waals surface area contributed by atoms with Crippen LogP contribution in [0.5, 0.6) is 11.5 Å². The Bertz CT molecular complexity index is 383. The van der Waals surface area contributed by atoms with Gasteiger partial charge in [-0.1, -0.05) is 0 Å². The third kappa shape index (κ3) is 2.97. The first-order chi connectivity index (χ1) is 8.33. The van der Waals surface area contributed by atoms with Crippen LogP contribution in [-0.4, -0.2) is 32.7 Å². The van der Waals surface area contributed by atoms with Crippen molar-refractivity contribution in [3.8, 4) is 11.5 Å². The van der Waals surface area contributed by atoms with Crippen molar-refractivity contribution >= 4 is 6.29 Å². The monoisotopic (exact) mass is 236 g/mol. The van der Waals surface area contributed by atoms with Gasteiger partial charge in [0.2, 0.25) is 0 Å². The van der Waals surface area contributed by atoms with Gasteiger partial charge in [-0.25, -0.2) is 0 Å². The molecule has 0 atom stereocenters. The molecule has 0 N–H and O–H groups in total. The van der Waals surface area contributed by atoms with Gasteiger partial charge in [0.1, 0.15) is 17.6 Å². The van der Waals surface area contributed by atoms with Gasteiger partial charge in [-0.05, 0) is 12.1 Å². The lowest BCUT2D eigenvalue weighted by atomic mass is 10.1. The fourth-order valence-electron chi connectivity index (χ4n) is 1.81. The maximum atomic E-state index is 10.9. The van der Waals surface area contributed by atoms with Crippen molar-refractivity contribution in [2.24, 2.45) is 0 Å². The number of methoxy groups -OCH3 is 1. The summed E-state index contributed by atoms with van der Waals surface area (Å²) in [5, 5.41) is 0. The molecule has 0 amide bonds. The molecule has 0 saturated carbocycles. The molecule has 1 saturated heterocycles. The van der Waals surface area contributed by atoms with Crippen LogP contribution in [0.4, 0.5) is 0 Å². The topological polar surface area (TPSA) is 44.8 Å². The lowest BCUT2D eigenvalue weighted by Crippen LogP contribution is -2.26. The van der Waals surface area contributed by atoms with Gasteiger partial charge >= 0.3 is 0 Å². The number of hydrogen-bond donors (Lipinski definition) is 0. The molecule has 4 nitrogen and oxygen atoms in total. The van der Waals surface area contributed by atoms with Crippen LogP contribution in [0.2, 0.25) is 0 Å². The van der Waals surface area contributed by atoms with Gasteiger partial charge in [0, 0.05) is 18.9 Å². The molecule has 1 aliphatic rings. The predicted molar refractivity (Wildman–Crippen MR) is 62.9 cm³/mol. The molecule has 2 rings (SSSR count). The molecule has 1 aromatic carbocycles. The van der Waals surface area contributed by atoms with Crippen molar-refractivity contribution in [3.63, 3.8) is 0 Å². The largest absolute Gasteiger partial charge is 0.497 e. The van der Waals surface area contributed by atoms with Gasteiger partial charge in [-0.15, -0.1) is 0 Å². The summed E-state index contributed by atoms with van der Waals surface area (Å²) in [6, 6.07) is 5.21. The van der Waals surface area contributed by atoms with Gasteiger partial charge < -0.3 is 14.2 Å². The van der Waals surface area contributed by atoms with E-state index in [-0.39, 0.29) is 6.10 Å². The number of aldehydes is 1. The van der Waals surface area contributed by atoms with Crippen LogP contribution >= 0.6 is 0 Å². The summed E-state index contributed by atoms with van der Waals surface area (Å²) in [4.78, 5) is 10.9. The molecule has 1 aliphatic heterocycles. The summed E-state index contributed by atoms with van der Waals surface area (Å²) in [5.74, 6) is 1.28. The minimum Gasteiger partial charge on any atom is -0.497 e. The SMILES string of the molecule is COc1ccc(C=O)c(OC2CCOCC2)c1.